The number of halogens is 1. The number of rotatable bonds is 7. The highest BCUT2D eigenvalue weighted by atomic mass is 35.5. The molecule has 2 aliphatic rings. The lowest BCUT2D eigenvalue weighted by molar-refractivity contribution is 0.0495. The van der Waals surface area contributed by atoms with E-state index in [0.29, 0.717) is 65.7 Å². The molecule has 12 heteroatoms. The van der Waals surface area contributed by atoms with Crippen LogP contribution in [0.2, 0.25) is 5.02 Å². The number of primary amides is 1. The van der Waals surface area contributed by atoms with Crippen LogP contribution in [0.15, 0.2) is 12.3 Å². The number of nitrogens with one attached hydrogen (secondary N) is 3. The van der Waals surface area contributed by atoms with Crippen molar-refractivity contribution in [3.05, 3.63) is 28.8 Å². The van der Waals surface area contributed by atoms with Gasteiger partial charge in [-0.2, -0.15) is 0 Å². The molecule has 0 radical (unpaired) electrons. The maximum absolute atomic E-state index is 11.3. The van der Waals surface area contributed by atoms with Gasteiger partial charge in [-0.25, -0.2) is 19.8 Å². The zero-order chi connectivity index (χ0) is 25.7. The Kier molecular flexibility index (Phi) is 8.55. The van der Waals surface area contributed by atoms with Crippen LogP contribution in [0.1, 0.15) is 44.1 Å². The molecule has 0 bridgehead atoms. The molecule has 1 amide bonds. The molecule has 11 nitrogen and oxygen atoms in total. The molecule has 1 saturated carbocycles. The predicted molar refractivity (Wildman–Crippen MR) is 138 cm³/mol. The highest BCUT2D eigenvalue weighted by molar-refractivity contribution is 6.30. The number of hydrazine groups is 1. The first-order valence-electron chi connectivity index (χ1n) is 12.2. The van der Waals surface area contributed by atoms with Crippen molar-refractivity contribution < 1.29 is 14.3 Å². The fourth-order valence-corrected chi connectivity index (χ4v) is 4.66. The zero-order valence-corrected chi connectivity index (χ0v) is 21.4. The number of hydrogen-bond donors (Lipinski definition) is 4. The van der Waals surface area contributed by atoms with Crippen molar-refractivity contribution in [3.63, 3.8) is 0 Å². The third-order valence-electron chi connectivity index (χ3n) is 6.60. The molecular formula is C24H33ClN8O3. The first kappa shape index (κ1) is 26.1. The smallest absolute Gasteiger partial charge is 0.388 e. The molecule has 2 fully saturated rings. The Bertz CT molecular complexity index is 1100. The Morgan fingerprint density at radius 2 is 2.00 bits per heavy atom. The molecule has 2 aromatic heterocycles. The molecule has 4 rings (SSSR count). The Morgan fingerprint density at radius 1 is 1.28 bits per heavy atom. The average molecular weight is 517 g/mol. The van der Waals surface area contributed by atoms with Gasteiger partial charge in [0.25, 0.3) is 5.90 Å². The van der Waals surface area contributed by atoms with Crippen molar-refractivity contribution in [1.82, 2.24) is 20.0 Å². The number of carbonyl (C=O) groups is 1. The van der Waals surface area contributed by atoms with Crippen molar-refractivity contribution in [2.24, 2.45) is 17.6 Å². The maximum Gasteiger partial charge on any atom is 0.411 e. The number of hydrogen-bond acceptors (Lipinski definition) is 10. The normalized spacial score (nSPS) is 20.5. The Labute approximate surface area is 215 Å². The van der Waals surface area contributed by atoms with Gasteiger partial charge in [-0.15, -0.1) is 0 Å². The quantitative estimate of drug-likeness (QED) is 0.318. The zero-order valence-electron chi connectivity index (χ0n) is 20.6. The lowest BCUT2D eigenvalue weighted by atomic mass is 9.83. The molecule has 194 valence electrons. The topological polar surface area (TPSA) is 151 Å². The fraction of sp³-hybridized carbons (Fsp3) is 0.542. The molecule has 0 atom stereocenters. The van der Waals surface area contributed by atoms with Crippen molar-refractivity contribution in [1.29, 1.82) is 5.41 Å². The van der Waals surface area contributed by atoms with E-state index in [9.17, 15) is 4.79 Å². The van der Waals surface area contributed by atoms with Crippen LogP contribution in [0.5, 0.6) is 0 Å². The van der Waals surface area contributed by atoms with Crippen LogP contribution in [0.25, 0.3) is 11.3 Å². The van der Waals surface area contributed by atoms with Gasteiger partial charge in [0.2, 0.25) is 5.82 Å². The highest BCUT2D eigenvalue weighted by Gasteiger charge is 2.25. The predicted octanol–water partition coefficient (Wildman–Crippen LogP) is 3.82. The molecule has 1 aliphatic heterocycles. The fourth-order valence-electron chi connectivity index (χ4n) is 4.50. The molecule has 0 spiro atoms. The van der Waals surface area contributed by atoms with Gasteiger partial charge in [0.05, 0.1) is 18.2 Å². The van der Waals surface area contributed by atoms with E-state index in [1.807, 2.05) is 11.9 Å². The molecule has 1 aliphatic carbocycles. The van der Waals surface area contributed by atoms with Crippen LogP contribution < -0.4 is 16.5 Å². The van der Waals surface area contributed by atoms with Gasteiger partial charge in [-0.3, -0.25) is 10.4 Å². The van der Waals surface area contributed by atoms with Gasteiger partial charge >= 0.3 is 6.09 Å². The van der Waals surface area contributed by atoms with Crippen LogP contribution in [-0.4, -0.2) is 64.8 Å². The summed E-state index contributed by atoms with van der Waals surface area (Å²) >= 11 is 6.31. The van der Waals surface area contributed by atoms with Crippen LogP contribution in [0, 0.1) is 24.2 Å². The van der Waals surface area contributed by atoms with E-state index in [0.717, 1.165) is 25.3 Å². The largest absolute Gasteiger partial charge is 0.411 e. The molecule has 5 N–H and O–H groups in total. The summed E-state index contributed by atoms with van der Waals surface area (Å²) in [6.07, 6.45) is 5.21. The van der Waals surface area contributed by atoms with E-state index in [-0.39, 0.29) is 5.82 Å². The lowest BCUT2D eigenvalue weighted by Crippen LogP contribution is -2.41. The molecule has 1 saturated heterocycles. The van der Waals surface area contributed by atoms with Crippen LogP contribution in [-0.2, 0) is 9.47 Å². The van der Waals surface area contributed by atoms with Crippen molar-refractivity contribution in [3.8, 4) is 11.3 Å². The molecule has 2 aromatic rings. The van der Waals surface area contributed by atoms with E-state index < -0.39 is 12.0 Å². The minimum atomic E-state index is -1.11. The molecule has 36 heavy (non-hydrogen) atoms. The van der Waals surface area contributed by atoms with Gasteiger partial charge in [-0.1, -0.05) is 31.4 Å². The lowest BCUT2D eigenvalue weighted by Gasteiger charge is -2.30. The summed E-state index contributed by atoms with van der Waals surface area (Å²) in [5, 5.41) is 14.2. The number of ether oxygens (including phenoxy) is 2. The summed E-state index contributed by atoms with van der Waals surface area (Å²) in [6.45, 7) is 7.39. The average Bonchev–Trinajstić information content (AvgIpc) is 2.85. The van der Waals surface area contributed by atoms with E-state index in [2.05, 4.69) is 32.6 Å². The van der Waals surface area contributed by atoms with E-state index >= 15 is 0 Å². The number of aromatic nitrogens is 3. The second-order valence-electron chi connectivity index (χ2n) is 9.37. The summed E-state index contributed by atoms with van der Waals surface area (Å²) in [5.41, 5.74) is 11.1. The first-order valence-corrected chi connectivity index (χ1v) is 12.6. The summed E-state index contributed by atoms with van der Waals surface area (Å²) in [7, 11) is 0. The first-order chi connectivity index (χ1) is 17.3. The van der Waals surface area contributed by atoms with Crippen LogP contribution in [0.4, 0.5) is 16.3 Å². The third kappa shape index (κ3) is 6.59. The van der Waals surface area contributed by atoms with Crippen LogP contribution >= 0.6 is 11.6 Å². The summed E-state index contributed by atoms with van der Waals surface area (Å²) in [5.74, 6) is 1.11. The van der Waals surface area contributed by atoms with Crippen LogP contribution in [0.3, 0.4) is 0 Å². The summed E-state index contributed by atoms with van der Waals surface area (Å²) < 4.78 is 10.3. The molecule has 0 unspecified atom stereocenters. The number of aryl methyl sites for hydroxylation is 1. The Morgan fingerprint density at radius 3 is 2.69 bits per heavy atom. The van der Waals surface area contributed by atoms with E-state index in [1.54, 1.807) is 12.3 Å². The number of anilines is 2. The standard InChI is InChI=1S/C24H33ClN8O3/c1-14-3-5-16(6-4-14)12-29-20-19(18-11-17(25)13-28-15(18)2)30-23(21(26)36-24(27)34)31-22(20)32-33-7-9-35-10-8-33/h11,13-14,16,26,29H,3-10,12H2,1-2H3,(H2,27,34)(H,30,31,32)/t14-,16-. The van der Waals surface area contributed by atoms with Crippen molar-refractivity contribution in [2.75, 3.05) is 43.6 Å². The van der Waals surface area contributed by atoms with Crippen molar-refractivity contribution in [2.45, 2.75) is 39.5 Å². The second-order valence-corrected chi connectivity index (χ2v) is 9.81. The second kappa shape index (κ2) is 11.8. The van der Waals surface area contributed by atoms with Gasteiger partial charge in [0, 0.05) is 37.1 Å². The van der Waals surface area contributed by atoms with Gasteiger partial charge < -0.3 is 25.9 Å². The van der Waals surface area contributed by atoms with E-state index in [1.165, 1.54) is 12.8 Å². The monoisotopic (exact) mass is 516 g/mol. The summed E-state index contributed by atoms with van der Waals surface area (Å²) in [6, 6.07) is 1.78. The summed E-state index contributed by atoms with van der Waals surface area (Å²) in [4.78, 5) is 24.9. The molecule has 0 aromatic carbocycles. The Hall–Kier alpha value is -3.02. The molecule has 3 heterocycles. The third-order valence-corrected chi connectivity index (χ3v) is 6.81. The Balaban J connectivity index is 1.77. The number of amides is 1. The number of morpholine rings is 1. The molecular weight excluding hydrogens is 484 g/mol. The number of pyridine rings is 1. The number of nitrogens with zero attached hydrogens (tertiary/aromatic N) is 4. The number of nitrogens with two attached hydrogens (primary N) is 1. The maximum atomic E-state index is 11.3. The number of carbonyl (C=O) groups excluding carboxylic acids is 1. The minimum absolute atomic E-state index is 0.0871. The van der Waals surface area contributed by atoms with E-state index in [4.69, 9.17) is 32.2 Å². The minimum Gasteiger partial charge on any atom is -0.388 e. The highest BCUT2D eigenvalue weighted by Crippen LogP contribution is 2.36. The van der Waals surface area contributed by atoms with Gasteiger partial charge in [0.1, 0.15) is 11.4 Å². The van der Waals surface area contributed by atoms with Gasteiger partial charge in [-0.05, 0) is 37.7 Å². The van der Waals surface area contributed by atoms with Gasteiger partial charge in [0.15, 0.2) is 5.82 Å². The SMILES string of the molecule is Cc1ncc(Cl)cc1-c1nc(C(=N)OC(N)=O)nc(NN2CCOCC2)c1NC[C@H]1CC[C@H](C)CC1. The van der Waals surface area contributed by atoms with Crippen molar-refractivity contribution >= 4 is 35.1 Å².